The van der Waals surface area contributed by atoms with Crippen molar-refractivity contribution in [3.8, 4) is 0 Å². The van der Waals surface area contributed by atoms with Crippen molar-refractivity contribution in [1.29, 1.82) is 0 Å². The molecule has 0 spiro atoms. The van der Waals surface area contributed by atoms with E-state index in [9.17, 15) is 9.90 Å². The summed E-state index contributed by atoms with van der Waals surface area (Å²) in [7, 11) is 0. The third-order valence-electron chi connectivity index (χ3n) is 6.86. The fourth-order valence-electron chi connectivity index (χ4n) is 5.56. The minimum atomic E-state index is -0.526. The standard InChI is InChI=1S/C20H27NO2/c22-19(23)20-10-4-7-17(20)13-18(14-20)21-11-8-16(9-12-21)15-5-2-1-3-6-15/h1-3,5-6,16-18H,4,7-14H2,(H,22,23)/t17-,18-,20-/m1/s1. The van der Waals surface area contributed by atoms with Gasteiger partial charge in [0.25, 0.3) is 0 Å². The van der Waals surface area contributed by atoms with Crippen LogP contribution in [-0.4, -0.2) is 35.1 Å². The molecule has 1 heterocycles. The number of hydrogen-bond donors (Lipinski definition) is 1. The van der Waals surface area contributed by atoms with Gasteiger partial charge in [0.15, 0.2) is 0 Å². The molecule has 4 rings (SSSR count). The molecule has 2 aliphatic carbocycles. The van der Waals surface area contributed by atoms with E-state index in [0.717, 1.165) is 45.2 Å². The molecule has 3 atom stereocenters. The number of hydrogen-bond acceptors (Lipinski definition) is 2. The average molecular weight is 313 g/mol. The zero-order chi connectivity index (χ0) is 15.9. The lowest BCUT2D eigenvalue weighted by molar-refractivity contribution is -0.150. The normalized spacial score (nSPS) is 35.3. The Labute approximate surface area is 138 Å². The zero-order valence-electron chi connectivity index (χ0n) is 13.8. The monoisotopic (exact) mass is 313 g/mol. The smallest absolute Gasteiger partial charge is 0.309 e. The first-order valence-corrected chi connectivity index (χ1v) is 9.21. The van der Waals surface area contributed by atoms with Gasteiger partial charge in [-0.2, -0.15) is 0 Å². The molecule has 2 saturated carbocycles. The van der Waals surface area contributed by atoms with Gasteiger partial charge in [-0.3, -0.25) is 4.79 Å². The van der Waals surface area contributed by atoms with Gasteiger partial charge in [0.2, 0.25) is 0 Å². The summed E-state index contributed by atoms with van der Waals surface area (Å²) in [6.45, 7) is 2.26. The van der Waals surface area contributed by atoms with Gasteiger partial charge in [-0.05, 0) is 69.0 Å². The second kappa shape index (κ2) is 5.94. The highest BCUT2D eigenvalue weighted by Gasteiger charge is 2.56. The second-order valence-electron chi connectivity index (χ2n) is 7.87. The summed E-state index contributed by atoms with van der Waals surface area (Å²) >= 11 is 0. The highest BCUT2D eigenvalue weighted by atomic mass is 16.4. The minimum absolute atomic E-state index is 0.388. The minimum Gasteiger partial charge on any atom is -0.481 e. The van der Waals surface area contributed by atoms with Crippen molar-refractivity contribution in [3.05, 3.63) is 35.9 Å². The maximum atomic E-state index is 11.9. The first-order chi connectivity index (χ1) is 11.2. The van der Waals surface area contributed by atoms with Gasteiger partial charge in [0, 0.05) is 6.04 Å². The van der Waals surface area contributed by atoms with E-state index in [4.69, 9.17) is 0 Å². The number of piperidine rings is 1. The molecule has 1 aromatic rings. The van der Waals surface area contributed by atoms with Gasteiger partial charge in [0.1, 0.15) is 0 Å². The van der Waals surface area contributed by atoms with E-state index in [0.29, 0.717) is 17.9 Å². The van der Waals surface area contributed by atoms with Gasteiger partial charge >= 0.3 is 5.97 Å². The van der Waals surface area contributed by atoms with E-state index in [1.165, 1.54) is 18.4 Å². The Hall–Kier alpha value is -1.35. The van der Waals surface area contributed by atoms with Crippen LogP contribution in [-0.2, 0) is 4.79 Å². The third-order valence-corrected chi connectivity index (χ3v) is 6.86. The fourth-order valence-corrected chi connectivity index (χ4v) is 5.56. The van der Waals surface area contributed by atoms with Crippen molar-refractivity contribution < 1.29 is 9.90 Å². The molecule has 124 valence electrons. The summed E-state index contributed by atoms with van der Waals surface area (Å²) in [6, 6.07) is 11.4. The Kier molecular flexibility index (Phi) is 3.92. The van der Waals surface area contributed by atoms with Crippen molar-refractivity contribution in [2.45, 2.75) is 56.9 Å². The third kappa shape index (κ3) is 2.59. The van der Waals surface area contributed by atoms with E-state index < -0.39 is 5.97 Å². The Morgan fingerprint density at radius 2 is 1.87 bits per heavy atom. The Bertz CT molecular complexity index is 564. The number of benzene rings is 1. The van der Waals surface area contributed by atoms with Crippen LogP contribution < -0.4 is 0 Å². The maximum Gasteiger partial charge on any atom is 0.309 e. The quantitative estimate of drug-likeness (QED) is 0.920. The number of carbonyl (C=O) groups is 1. The van der Waals surface area contributed by atoms with Crippen molar-refractivity contribution in [2.75, 3.05) is 13.1 Å². The van der Waals surface area contributed by atoms with Crippen molar-refractivity contribution >= 4 is 5.97 Å². The van der Waals surface area contributed by atoms with Gasteiger partial charge in [-0.1, -0.05) is 36.8 Å². The number of fused-ring (bicyclic) bond motifs is 1. The highest BCUT2D eigenvalue weighted by molar-refractivity contribution is 5.76. The molecule has 23 heavy (non-hydrogen) atoms. The second-order valence-corrected chi connectivity index (χ2v) is 7.87. The Morgan fingerprint density at radius 3 is 2.52 bits per heavy atom. The number of rotatable bonds is 3. The molecular formula is C20H27NO2. The summed E-state index contributed by atoms with van der Waals surface area (Å²) < 4.78 is 0. The lowest BCUT2D eigenvalue weighted by atomic mass is 9.80. The molecule has 0 amide bonds. The maximum absolute atomic E-state index is 11.9. The topological polar surface area (TPSA) is 40.5 Å². The largest absolute Gasteiger partial charge is 0.481 e. The number of nitrogens with zero attached hydrogens (tertiary/aromatic N) is 1. The lowest BCUT2D eigenvalue weighted by Gasteiger charge is -2.37. The first kappa shape index (κ1) is 15.2. The predicted octanol–water partition coefficient (Wildman–Crippen LogP) is 3.90. The van der Waals surface area contributed by atoms with Crippen LogP contribution in [0.5, 0.6) is 0 Å². The molecule has 3 aliphatic rings. The molecule has 1 N–H and O–H groups in total. The average Bonchev–Trinajstić information content (AvgIpc) is 3.14. The van der Waals surface area contributed by atoms with Crippen LogP contribution in [0.2, 0.25) is 0 Å². The number of aliphatic carboxylic acids is 1. The molecule has 1 saturated heterocycles. The summed E-state index contributed by atoms with van der Waals surface area (Å²) in [4.78, 5) is 14.5. The summed E-state index contributed by atoms with van der Waals surface area (Å²) in [5.41, 5.74) is 1.08. The molecule has 1 aromatic carbocycles. The molecule has 0 radical (unpaired) electrons. The first-order valence-electron chi connectivity index (χ1n) is 9.21. The summed E-state index contributed by atoms with van der Waals surface area (Å²) in [5, 5.41) is 9.76. The van der Waals surface area contributed by atoms with Crippen LogP contribution in [0.3, 0.4) is 0 Å². The van der Waals surface area contributed by atoms with Crippen LogP contribution in [0.4, 0.5) is 0 Å². The van der Waals surface area contributed by atoms with E-state index in [-0.39, 0.29) is 5.41 Å². The SMILES string of the molecule is O=C(O)[C@@]12CCC[C@@H]1C[C@@H](N1CCC(c3ccccc3)CC1)C2. The predicted molar refractivity (Wildman–Crippen MR) is 90.4 cm³/mol. The van der Waals surface area contributed by atoms with Crippen LogP contribution in [0.1, 0.15) is 56.4 Å². The lowest BCUT2D eigenvalue weighted by Crippen LogP contribution is -2.41. The highest BCUT2D eigenvalue weighted by Crippen LogP contribution is 2.55. The summed E-state index contributed by atoms with van der Waals surface area (Å²) in [5.74, 6) is 0.584. The van der Waals surface area contributed by atoms with E-state index >= 15 is 0 Å². The molecule has 3 heteroatoms. The molecule has 3 nitrogen and oxygen atoms in total. The van der Waals surface area contributed by atoms with Crippen molar-refractivity contribution in [1.82, 2.24) is 4.90 Å². The molecule has 3 fully saturated rings. The van der Waals surface area contributed by atoms with Crippen molar-refractivity contribution in [2.24, 2.45) is 11.3 Å². The van der Waals surface area contributed by atoms with E-state index in [1.807, 2.05) is 0 Å². The molecule has 1 aliphatic heterocycles. The van der Waals surface area contributed by atoms with Crippen LogP contribution >= 0.6 is 0 Å². The van der Waals surface area contributed by atoms with Crippen molar-refractivity contribution in [3.63, 3.8) is 0 Å². The Balaban J connectivity index is 1.39. The number of carboxylic acid groups (broad SMARTS) is 1. The van der Waals surface area contributed by atoms with Gasteiger partial charge in [0.05, 0.1) is 5.41 Å². The van der Waals surface area contributed by atoms with Gasteiger partial charge in [-0.25, -0.2) is 0 Å². The van der Waals surface area contributed by atoms with Crippen LogP contribution in [0.15, 0.2) is 30.3 Å². The zero-order valence-corrected chi connectivity index (χ0v) is 13.8. The number of likely N-dealkylation sites (tertiary alicyclic amines) is 1. The molecular weight excluding hydrogens is 286 g/mol. The molecule has 0 bridgehead atoms. The molecule has 0 aromatic heterocycles. The van der Waals surface area contributed by atoms with E-state index in [2.05, 4.69) is 35.2 Å². The molecule has 0 unspecified atom stereocenters. The van der Waals surface area contributed by atoms with E-state index in [1.54, 1.807) is 0 Å². The number of carboxylic acids is 1. The van der Waals surface area contributed by atoms with Gasteiger partial charge in [-0.15, -0.1) is 0 Å². The van der Waals surface area contributed by atoms with Gasteiger partial charge < -0.3 is 10.0 Å². The Morgan fingerprint density at radius 1 is 1.13 bits per heavy atom. The van der Waals surface area contributed by atoms with Crippen LogP contribution in [0, 0.1) is 11.3 Å². The van der Waals surface area contributed by atoms with Crippen LogP contribution in [0.25, 0.3) is 0 Å². The summed E-state index contributed by atoms with van der Waals surface area (Å²) in [6.07, 6.45) is 7.58. The fraction of sp³-hybridized carbons (Fsp3) is 0.650.